The van der Waals surface area contributed by atoms with Crippen molar-refractivity contribution in [3.05, 3.63) is 109 Å². The summed E-state index contributed by atoms with van der Waals surface area (Å²) in [6, 6.07) is 0. The summed E-state index contributed by atoms with van der Waals surface area (Å²) in [5, 5.41) is 0. The summed E-state index contributed by atoms with van der Waals surface area (Å²) in [6.45, 7) is 6.50. The summed E-state index contributed by atoms with van der Waals surface area (Å²) in [5.74, 6) is -0.894. The molecule has 0 saturated carbocycles. The van der Waals surface area contributed by atoms with Crippen LogP contribution >= 0.6 is 0 Å². The molecule has 1 atom stereocenters. The topological polar surface area (TPSA) is 78.9 Å². The van der Waals surface area contributed by atoms with Gasteiger partial charge in [-0.1, -0.05) is 297 Å². The van der Waals surface area contributed by atoms with E-state index in [9.17, 15) is 14.4 Å². The lowest BCUT2D eigenvalue weighted by atomic mass is 10.0. The van der Waals surface area contributed by atoms with Gasteiger partial charge in [-0.2, -0.15) is 0 Å². The molecule has 0 aliphatic rings. The summed E-state index contributed by atoms with van der Waals surface area (Å²) in [7, 11) is 0. The Hall–Kier alpha value is -3.93. The molecule has 0 spiro atoms. The van der Waals surface area contributed by atoms with Gasteiger partial charge in [-0.3, -0.25) is 14.4 Å². The molecule has 0 amide bonds. The van der Waals surface area contributed by atoms with Crippen LogP contribution in [0.25, 0.3) is 0 Å². The zero-order chi connectivity index (χ0) is 57.1. The number of hydrogen-bond donors (Lipinski definition) is 0. The van der Waals surface area contributed by atoms with Gasteiger partial charge in [-0.25, -0.2) is 0 Å². The van der Waals surface area contributed by atoms with Gasteiger partial charge in [0.15, 0.2) is 6.10 Å². The Morgan fingerprint density at radius 2 is 0.494 bits per heavy atom. The van der Waals surface area contributed by atoms with Crippen molar-refractivity contribution in [3.8, 4) is 0 Å². The Morgan fingerprint density at radius 1 is 0.266 bits per heavy atom. The van der Waals surface area contributed by atoms with Crippen LogP contribution in [0.2, 0.25) is 0 Å². The van der Waals surface area contributed by atoms with Crippen molar-refractivity contribution in [1.82, 2.24) is 0 Å². The van der Waals surface area contributed by atoms with E-state index in [1.807, 2.05) is 0 Å². The molecule has 452 valence electrons. The van der Waals surface area contributed by atoms with E-state index in [0.717, 1.165) is 122 Å². The number of unbranched alkanes of at least 4 members (excludes halogenated alkanes) is 31. The predicted octanol–water partition coefficient (Wildman–Crippen LogP) is 23.0. The molecule has 6 heteroatoms. The average molecular weight is 1100 g/mol. The van der Waals surface area contributed by atoms with Crippen LogP contribution in [0.4, 0.5) is 0 Å². The van der Waals surface area contributed by atoms with Gasteiger partial charge in [-0.05, 0) is 109 Å². The summed E-state index contributed by atoms with van der Waals surface area (Å²) < 4.78 is 16.9. The highest BCUT2D eigenvalue weighted by Crippen LogP contribution is 2.16. The van der Waals surface area contributed by atoms with E-state index in [1.54, 1.807) is 0 Å². The molecular formula is C73H124O6. The second-order valence-electron chi connectivity index (χ2n) is 22.0. The molecule has 0 saturated heterocycles. The van der Waals surface area contributed by atoms with Crippen LogP contribution in [0.15, 0.2) is 109 Å². The van der Waals surface area contributed by atoms with Crippen molar-refractivity contribution >= 4 is 17.9 Å². The molecule has 0 radical (unpaired) electrons. The summed E-state index contributed by atoms with van der Waals surface area (Å²) in [4.78, 5) is 38.2. The van der Waals surface area contributed by atoms with Crippen LogP contribution in [0.5, 0.6) is 0 Å². The SMILES string of the molecule is CC/C=C\C/C=C\C/C=C\C/C=C\C/C=C\C/C=C\CCCCCCCCC(=O)OC(COC(=O)CCCCCCCCCCC)COC(=O)CCCCCCCCCCCCCC/C=C\C/C=C\C/C=C\CCCCCCC. The second-order valence-corrected chi connectivity index (χ2v) is 22.0. The van der Waals surface area contributed by atoms with E-state index >= 15 is 0 Å². The molecule has 0 aromatic rings. The van der Waals surface area contributed by atoms with Crippen LogP contribution in [-0.2, 0) is 28.6 Å². The lowest BCUT2D eigenvalue weighted by molar-refractivity contribution is -0.167. The number of allylic oxidation sites excluding steroid dienone is 18. The Kier molecular flexibility index (Phi) is 63.3. The largest absolute Gasteiger partial charge is 0.462 e. The van der Waals surface area contributed by atoms with E-state index in [4.69, 9.17) is 14.2 Å². The molecule has 0 aromatic heterocycles. The van der Waals surface area contributed by atoms with Crippen LogP contribution in [0.3, 0.4) is 0 Å². The maximum atomic E-state index is 12.9. The number of rotatable bonds is 60. The molecule has 0 rings (SSSR count). The van der Waals surface area contributed by atoms with E-state index < -0.39 is 6.10 Å². The molecule has 6 nitrogen and oxygen atoms in total. The quantitative estimate of drug-likeness (QED) is 0.0261. The molecule has 79 heavy (non-hydrogen) atoms. The highest BCUT2D eigenvalue weighted by Gasteiger charge is 2.19. The fourth-order valence-corrected chi connectivity index (χ4v) is 9.28. The Bertz CT molecular complexity index is 1590. The molecule has 1 unspecified atom stereocenters. The highest BCUT2D eigenvalue weighted by atomic mass is 16.6. The molecule has 0 aliphatic heterocycles. The van der Waals surface area contributed by atoms with Gasteiger partial charge >= 0.3 is 17.9 Å². The molecule has 0 fully saturated rings. The maximum Gasteiger partial charge on any atom is 0.306 e. The van der Waals surface area contributed by atoms with Crippen molar-refractivity contribution in [2.24, 2.45) is 0 Å². The second kappa shape index (κ2) is 66.6. The lowest BCUT2D eigenvalue weighted by Crippen LogP contribution is -2.30. The Labute approximate surface area is 489 Å². The van der Waals surface area contributed by atoms with E-state index in [1.165, 1.54) is 154 Å². The van der Waals surface area contributed by atoms with E-state index in [-0.39, 0.29) is 31.1 Å². The number of ether oxygens (including phenoxy) is 3. The normalized spacial score (nSPS) is 12.8. The van der Waals surface area contributed by atoms with Crippen LogP contribution in [0, 0.1) is 0 Å². The zero-order valence-corrected chi connectivity index (χ0v) is 51.9. The Balaban J connectivity index is 4.24. The third kappa shape index (κ3) is 64.8. The minimum atomic E-state index is -0.787. The first-order chi connectivity index (χ1) is 39.0. The van der Waals surface area contributed by atoms with Crippen molar-refractivity contribution in [2.75, 3.05) is 13.2 Å². The molecule has 0 N–H and O–H groups in total. The zero-order valence-electron chi connectivity index (χ0n) is 51.9. The van der Waals surface area contributed by atoms with Crippen LogP contribution in [0.1, 0.15) is 316 Å². The van der Waals surface area contributed by atoms with Gasteiger partial charge in [-0.15, -0.1) is 0 Å². The van der Waals surface area contributed by atoms with Gasteiger partial charge < -0.3 is 14.2 Å². The summed E-state index contributed by atoms with van der Waals surface area (Å²) >= 11 is 0. The van der Waals surface area contributed by atoms with Crippen LogP contribution in [-0.4, -0.2) is 37.2 Å². The Morgan fingerprint density at radius 3 is 0.772 bits per heavy atom. The third-order valence-corrected chi connectivity index (χ3v) is 14.3. The average Bonchev–Trinajstić information content (AvgIpc) is 3.45. The minimum Gasteiger partial charge on any atom is -0.462 e. The number of carbonyl (C=O) groups excluding carboxylic acids is 3. The smallest absolute Gasteiger partial charge is 0.306 e. The minimum absolute atomic E-state index is 0.0834. The van der Waals surface area contributed by atoms with E-state index in [2.05, 4.69) is 130 Å². The molecular weight excluding hydrogens is 973 g/mol. The fourth-order valence-electron chi connectivity index (χ4n) is 9.28. The van der Waals surface area contributed by atoms with E-state index in [0.29, 0.717) is 19.3 Å². The molecule has 0 heterocycles. The van der Waals surface area contributed by atoms with Gasteiger partial charge in [0.2, 0.25) is 0 Å². The number of carbonyl (C=O) groups is 3. The summed E-state index contributed by atoms with van der Waals surface area (Å²) in [5.41, 5.74) is 0. The number of hydrogen-bond acceptors (Lipinski definition) is 6. The lowest BCUT2D eigenvalue weighted by Gasteiger charge is -2.18. The first-order valence-electron chi connectivity index (χ1n) is 33.4. The highest BCUT2D eigenvalue weighted by molar-refractivity contribution is 5.71. The van der Waals surface area contributed by atoms with Crippen molar-refractivity contribution in [1.29, 1.82) is 0 Å². The maximum absolute atomic E-state index is 12.9. The van der Waals surface area contributed by atoms with Gasteiger partial charge in [0.25, 0.3) is 0 Å². The standard InChI is InChI=1S/C73H124O6/c1-4-7-10-13-16-19-21-23-25-27-29-31-33-35-36-38-39-41-43-45-47-49-51-54-57-60-63-66-72(75)78-69-70(68-77-71(74)65-62-59-56-53-18-15-12-9-6-3)79-73(76)67-64-61-58-55-52-50-48-46-44-42-40-37-34-32-30-28-26-24-22-20-17-14-11-8-5-2/h8,11,17,20-21,23-24,26-27,29-30,32-33,35,37,40,44,46,70H,4-7,9-10,12-16,18-19,22,25,28,31,34,36,38-39,41-43,45,47-69H2,1-3H3/b11-8-,20-17-,23-21-,26-24-,29-27-,32-30-,35-33-,40-37-,46-44-. The molecule has 0 aromatic carbocycles. The van der Waals surface area contributed by atoms with Gasteiger partial charge in [0.1, 0.15) is 13.2 Å². The summed E-state index contributed by atoms with van der Waals surface area (Å²) in [6.07, 6.45) is 91.1. The van der Waals surface area contributed by atoms with Crippen molar-refractivity contribution in [2.45, 2.75) is 322 Å². The first kappa shape index (κ1) is 75.1. The fraction of sp³-hybridized carbons (Fsp3) is 0.712. The molecule has 0 bridgehead atoms. The first-order valence-corrected chi connectivity index (χ1v) is 33.4. The van der Waals surface area contributed by atoms with Crippen molar-refractivity contribution < 1.29 is 28.6 Å². The van der Waals surface area contributed by atoms with Crippen molar-refractivity contribution in [3.63, 3.8) is 0 Å². The predicted molar refractivity (Wildman–Crippen MR) is 343 cm³/mol. The third-order valence-electron chi connectivity index (χ3n) is 14.3. The molecule has 0 aliphatic carbocycles. The number of esters is 3. The van der Waals surface area contributed by atoms with Gasteiger partial charge in [0, 0.05) is 19.3 Å². The van der Waals surface area contributed by atoms with Crippen LogP contribution < -0.4 is 0 Å². The monoisotopic (exact) mass is 1100 g/mol. The van der Waals surface area contributed by atoms with Gasteiger partial charge in [0.05, 0.1) is 0 Å².